The Morgan fingerprint density at radius 1 is 1.10 bits per heavy atom. The first-order chi connectivity index (χ1) is 9.56. The normalized spacial score (nSPS) is 14.8. The predicted molar refractivity (Wildman–Crippen MR) is 77.6 cm³/mol. The molecule has 20 heavy (non-hydrogen) atoms. The molecule has 0 saturated heterocycles. The van der Waals surface area contributed by atoms with Crippen molar-refractivity contribution in [1.82, 2.24) is 0 Å². The molecule has 5 heteroatoms. The second-order valence-corrected chi connectivity index (χ2v) is 6.94. The van der Waals surface area contributed by atoms with Gasteiger partial charge in [0.25, 0.3) is 0 Å². The molecule has 1 aliphatic carbocycles. The zero-order chi connectivity index (χ0) is 14.6. The summed E-state index contributed by atoms with van der Waals surface area (Å²) in [6.07, 6.45) is 2.44. The molecule has 0 fully saturated rings. The van der Waals surface area contributed by atoms with Crippen molar-refractivity contribution < 1.29 is 17.9 Å². The second kappa shape index (κ2) is 6.70. The van der Waals surface area contributed by atoms with Crippen molar-refractivity contribution in [2.24, 2.45) is 0 Å². The third-order valence-electron chi connectivity index (χ3n) is 3.49. The van der Waals surface area contributed by atoms with Crippen LogP contribution in [0, 0.1) is 0 Å². The molecular weight excluding hydrogens is 276 g/mol. The Kier molecular flexibility index (Phi) is 5.18. The Morgan fingerprint density at radius 3 is 2.40 bits per heavy atom. The lowest BCUT2D eigenvalue weighted by molar-refractivity contribution is -0.120. The summed E-state index contributed by atoms with van der Waals surface area (Å²) < 4.78 is 35.5. The summed E-state index contributed by atoms with van der Waals surface area (Å²) in [5, 5.41) is 0. The summed E-state index contributed by atoms with van der Waals surface area (Å²) in [5.41, 5.74) is 2.44. The number of hydrogen-bond acceptors (Lipinski definition) is 4. The molecule has 0 bridgehead atoms. The van der Waals surface area contributed by atoms with Gasteiger partial charge in [-0.05, 0) is 56.4 Å². The van der Waals surface area contributed by atoms with Crippen LogP contribution in [0.15, 0.2) is 23.1 Å². The number of fused-ring (bicyclic) bond motifs is 1. The topological polar surface area (TPSA) is 52.6 Å². The van der Waals surface area contributed by atoms with Gasteiger partial charge in [0.1, 0.15) is 5.75 Å². The lowest BCUT2D eigenvalue weighted by Gasteiger charge is -2.17. The van der Waals surface area contributed by atoms with E-state index in [-0.39, 0.29) is 5.75 Å². The molecule has 0 N–H and O–H groups in total. The van der Waals surface area contributed by atoms with E-state index in [9.17, 15) is 8.42 Å². The highest BCUT2D eigenvalue weighted by Gasteiger charge is 2.23. The molecule has 0 unspecified atom stereocenters. The largest absolute Gasteiger partial charge is 0.352 e. The average Bonchev–Trinajstić information content (AvgIpc) is 2.86. The van der Waals surface area contributed by atoms with Crippen LogP contribution in [0.4, 0.5) is 0 Å². The number of ether oxygens (including phenoxy) is 2. The molecule has 0 radical (unpaired) electrons. The highest BCUT2D eigenvalue weighted by molar-refractivity contribution is 7.91. The minimum Gasteiger partial charge on any atom is -0.352 e. The van der Waals surface area contributed by atoms with Gasteiger partial charge in [-0.25, -0.2) is 8.42 Å². The Bertz CT molecular complexity index is 545. The van der Waals surface area contributed by atoms with Gasteiger partial charge in [-0.3, -0.25) is 0 Å². The number of hydrogen-bond donors (Lipinski definition) is 0. The molecular formula is C15H22O4S. The molecule has 0 heterocycles. The van der Waals surface area contributed by atoms with E-state index in [1.165, 1.54) is 5.56 Å². The van der Waals surface area contributed by atoms with Gasteiger partial charge in [-0.2, -0.15) is 0 Å². The lowest BCUT2D eigenvalue weighted by atomic mass is 10.1. The van der Waals surface area contributed by atoms with Gasteiger partial charge in [-0.15, -0.1) is 0 Å². The molecule has 2 rings (SSSR count). The van der Waals surface area contributed by atoms with Crippen molar-refractivity contribution >= 4 is 9.84 Å². The summed E-state index contributed by atoms with van der Waals surface area (Å²) in [6.45, 7) is 4.52. The summed E-state index contributed by atoms with van der Waals surface area (Å²) >= 11 is 0. The van der Waals surface area contributed by atoms with Crippen LogP contribution in [0.25, 0.3) is 0 Å². The number of rotatable bonds is 7. The van der Waals surface area contributed by atoms with Gasteiger partial charge in [-0.1, -0.05) is 6.07 Å². The Balaban J connectivity index is 2.17. The van der Waals surface area contributed by atoms with E-state index in [0.717, 1.165) is 24.8 Å². The van der Waals surface area contributed by atoms with E-state index >= 15 is 0 Å². The maximum absolute atomic E-state index is 12.4. The third-order valence-corrected chi connectivity index (χ3v) is 5.17. The molecule has 0 aromatic heterocycles. The molecule has 112 valence electrons. The van der Waals surface area contributed by atoms with E-state index in [2.05, 4.69) is 0 Å². The van der Waals surface area contributed by atoms with Crippen molar-refractivity contribution in [3.05, 3.63) is 29.3 Å². The molecule has 1 aromatic rings. The zero-order valence-electron chi connectivity index (χ0n) is 12.1. The van der Waals surface area contributed by atoms with Gasteiger partial charge in [0.05, 0.1) is 4.90 Å². The number of sulfone groups is 1. The highest BCUT2D eigenvalue weighted by Crippen LogP contribution is 2.25. The fourth-order valence-electron chi connectivity index (χ4n) is 2.53. The van der Waals surface area contributed by atoms with Crippen LogP contribution in [-0.2, 0) is 32.2 Å². The number of aryl methyl sites for hydroxylation is 2. The van der Waals surface area contributed by atoms with Crippen LogP contribution in [0.1, 0.15) is 31.4 Å². The van der Waals surface area contributed by atoms with Crippen LogP contribution in [0.2, 0.25) is 0 Å². The van der Waals surface area contributed by atoms with Crippen molar-refractivity contribution in [3.63, 3.8) is 0 Å². The molecule has 1 aliphatic rings. The monoisotopic (exact) mass is 298 g/mol. The lowest BCUT2D eigenvalue weighted by Crippen LogP contribution is -2.27. The molecule has 0 aliphatic heterocycles. The molecule has 0 atom stereocenters. The Hall–Kier alpha value is -0.910. The van der Waals surface area contributed by atoms with Crippen LogP contribution in [-0.4, -0.2) is 33.7 Å². The maximum atomic E-state index is 12.4. The maximum Gasteiger partial charge on any atom is 0.183 e. The number of benzene rings is 1. The standard InChI is InChI=1S/C15H22O4S/c1-3-18-15(19-4-2)11-20(16,17)14-9-8-12-6-5-7-13(12)10-14/h8-10,15H,3-7,11H2,1-2H3. The van der Waals surface area contributed by atoms with Crippen LogP contribution in [0.5, 0.6) is 0 Å². The first kappa shape index (κ1) is 15.5. The first-order valence-electron chi connectivity index (χ1n) is 7.14. The van der Waals surface area contributed by atoms with Gasteiger partial charge in [0.15, 0.2) is 16.1 Å². The van der Waals surface area contributed by atoms with E-state index in [1.807, 2.05) is 26.0 Å². The first-order valence-corrected chi connectivity index (χ1v) is 8.79. The molecule has 4 nitrogen and oxygen atoms in total. The summed E-state index contributed by atoms with van der Waals surface area (Å²) in [5.74, 6) is -0.131. The summed E-state index contributed by atoms with van der Waals surface area (Å²) in [6, 6.07) is 5.45. The fourth-order valence-corrected chi connectivity index (χ4v) is 3.87. The molecule has 0 spiro atoms. The van der Waals surface area contributed by atoms with Crippen molar-refractivity contribution in [2.45, 2.75) is 44.3 Å². The SMILES string of the molecule is CCOC(CS(=O)(=O)c1ccc2c(c1)CCC2)OCC. The smallest absolute Gasteiger partial charge is 0.183 e. The van der Waals surface area contributed by atoms with Gasteiger partial charge >= 0.3 is 0 Å². The van der Waals surface area contributed by atoms with Crippen LogP contribution < -0.4 is 0 Å². The predicted octanol–water partition coefficient (Wildman–Crippen LogP) is 2.35. The molecule has 0 saturated carbocycles. The second-order valence-electron chi connectivity index (χ2n) is 4.91. The third kappa shape index (κ3) is 3.59. The quantitative estimate of drug-likeness (QED) is 0.725. The molecule has 1 aromatic carbocycles. The van der Waals surface area contributed by atoms with Crippen LogP contribution >= 0.6 is 0 Å². The van der Waals surface area contributed by atoms with E-state index in [4.69, 9.17) is 9.47 Å². The van der Waals surface area contributed by atoms with E-state index in [1.54, 1.807) is 6.07 Å². The van der Waals surface area contributed by atoms with E-state index < -0.39 is 16.1 Å². The van der Waals surface area contributed by atoms with Crippen molar-refractivity contribution in [2.75, 3.05) is 19.0 Å². The van der Waals surface area contributed by atoms with Crippen molar-refractivity contribution in [3.8, 4) is 0 Å². The van der Waals surface area contributed by atoms with Gasteiger partial charge in [0, 0.05) is 13.2 Å². The average molecular weight is 298 g/mol. The van der Waals surface area contributed by atoms with E-state index in [0.29, 0.717) is 18.1 Å². The minimum atomic E-state index is -3.38. The summed E-state index contributed by atoms with van der Waals surface area (Å²) in [4.78, 5) is 0.377. The summed E-state index contributed by atoms with van der Waals surface area (Å²) in [7, 11) is -3.38. The van der Waals surface area contributed by atoms with Crippen molar-refractivity contribution in [1.29, 1.82) is 0 Å². The van der Waals surface area contributed by atoms with Gasteiger partial charge in [0.2, 0.25) is 0 Å². The fraction of sp³-hybridized carbons (Fsp3) is 0.600. The Labute approximate surface area is 121 Å². The molecule has 0 amide bonds. The minimum absolute atomic E-state index is 0.131. The van der Waals surface area contributed by atoms with Crippen LogP contribution in [0.3, 0.4) is 0 Å². The highest BCUT2D eigenvalue weighted by atomic mass is 32.2. The Morgan fingerprint density at radius 2 is 1.75 bits per heavy atom. The van der Waals surface area contributed by atoms with Gasteiger partial charge < -0.3 is 9.47 Å². The zero-order valence-corrected chi connectivity index (χ0v) is 12.9.